The molecule has 6 nitrogen and oxygen atoms in total. The number of amides is 1. The van der Waals surface area contributed by atoms with Gasteiger partial charge in [-0.2, -0.15) is 0 Å². The van der Waals surface area contributed by atoms with Gasteiger partial charge in [0.15, 0.2) is 6.29 Å². The van der Waals surface area contributed by atoms with Gasteiger partial charge in [-0.05, 0) is 31.4 Å². The zero-order valence-corrected chi connectivity index (χ0v) is 13.0. The number of ether oxygens (including phenoxy) is 3. The fraction of sp³-hybridized carbons (Fsp3) is 0.471. The highest BCUT2D eigenvalue weighted by Crippen LogP contribution is 2.30. The van der Waals surface area contributed by atoms with E-state index in [4.69, 9.17) is 24.4 Å². The summed E-state index contributed by atoms with van der Waals surface area (Å²) >= 11 is 0. The van der Waals surface area contributed by atoms with E-state index in [0.29, 0.717) is 24.5 Å². The monoisotopic (exact) mass is 319 g/mol. The summed E-state index contributed by atoms with van der Waals surface area (Å²) in [5, 5.41) is 0.831. The molecule has 0 saturated carbocycles. The molecule has 1 aromatic carbocycles. The summed E-state index contributed by atoms with van der Waals surface area (Å²) < 4.78 is 22.4. The van der Waals surface area contributed by atoms with Crippen molar-refractivity contribution in [2.24, 2.45) is 5.73 Å². The predicted octanol–water partition coefficient (Wildman–Crippen LogP) is 2.38. The van der Waals surface area contributed by atoms with E-state index in [1.165, 1.54) is 0 Å². The average Bonchev–Trinajstić information content (AvgIpc) is 3.04. The Kier molecular flexibility index (Phi) is 5.15. The Labute approximate surface area is 134 Å². The Morgan fingerprint density at radius 2 is 2.17 bits per heavy atom. The van der Waals surface area contributed by atoms with Crippen LogP contribution in [-0.2, 0) is 20.7 Å². The van der Waals surface area contributed by atoms with Crippen molar-refractivity contribution in [2.75, 3.05) is 19.8 Å². The quantitative estimate of drug-likeness (QED) is 0.792. The van der Waals surface area contributed by atoms with E-state index in [1.807, 2.05) is 12.1 Å². The van der Waals surface area contributed by atoms with E-state index in [0.717, 1.165) is 36.8 Å². The first-order valence-electron chi connectivity index (χ1n) is 7.87. The number of carbonyl (C=O) groups is 1. The molecule has 0 spiro atoms. The lowest BCUT2D eigenvalue weighted by molar-refractivity contribution is -0.165. The molecule has 2 N–H and O–H groups in total. The topological polar surface area (TPSA) is 83.9 Å². The Morgan fingerprint density at radius 1 is 1.26 bits per heavy atom. The van der Waals surface area contributed by atoms with Crippen LogP contribution in [0.5, 0.6) is 5.75 Å². The third-order valence-corrected chi connectivity index (χ3v) is 3.81. The van der Waals surface area contributed by atoms with Gasteiger partial charge < -0.3 is 24.4 Å². The average molecular weight is 319 g/mol. The summed E-state index contributed by atoms with van der Waals surface area (Å²) in [5.74, 6) is 0.312. The minimum atomic E-state index is -0.391. The zero-order valence-electron chi connectivity index (χ0n) is 13.0. The molecule has 1 saturated heterocycles. The van der Waals surface area contributed by atoms with Crippen LogP contribution in [-0.4, -0.2) is 32.0 Å². The van der Waals surface area contributed by atoms with Gasteiger partial charge >= 0.3 is 0 Å². The minimum Gasteiger partial charge on any atom is -0.490 e. The van der Waals surface area contributed by atoms with Gasteiger partial charge in [0.25, 0.3) is 0 Å². The van der Waals surface area contributed by atoms with Crippen molar-refractivity contribution in [1.29, 1.82) is 0 Å². The number of fused-ring (bicyclic) bond motifs is 1. The Hall–Kier alpha value is -2.05. The summed E-state index contributed by atoms with van der Waals surface area (Å²) in [4.78, 5) is 11.1. The maximum Gasteiger partial charge on any atom is 0.221 e. The number of hydrogen-bond donors (Lipinski definition) is 1. The summed E-state index contributed by atoms with van der Waals surface area (Å²) in [6, 6.07) is 5.45. The second kappa shape index (κ2) is 7.48. The minimum absolute atomic E-state index is 0.112. The molecule has 1 aromatic heterocycles. The molecular weight excluding hydrogens is 298 g/mol. The van der Waals surface area contributed by atoms with E-state index in [2.05, 4.69) is 0 Å². The molecule has 2 aromatic rings. The number of primary amides is 1. The Balaban J connectivity index is 1.57. The van der Waals surface area contributed by atoms with Crippen LogP contribution in [0.3, 0.4) is 0 Å². The standard InChI is InChI=1S/C17H21NO5/c18-15(19)11-12-4-5-14(13-6-8-23-17(12)13)20-9-10-22-16-3-1-2-7-21-16/h4-6,8,16H,1-3,7,9-11H2,(H2,18,19). The van der Waals surface area contributed by atoms with Crippen LogP contribution < -0.4 is 10.5 Å². The Morgan fingerprint density at radius 3 is 2.96 bits per heavy atom. The smallest absolute Gasteiger partial charge is 0.221 e. The molecule has 0 bridgehead atoms. The molecule has 0 aliphatic carbocycles. The Bertz CT molecular complexity index is 660. The third-order valence-electron chi connectivity index (χ3n) is 3.81. The van der Waals surface area contributed by atoms with Crippen LogP contribution in [0.15, 0.2) is 28.9 Å². The van der Waals surface area contributed by atoms with Gasteiger partial charge in [0.1, 0.15) is 17.9 Å². The van der Waals surface area contributed by atoms with Crippen LogP contribution in [0, 0.1) is 0 Å². The predicted molar refractivity (Wildman–Crippen MR) is 84.2 cm³/mol. The van der Waals surface area contributed by atoms with Crippen molar-refractivity contribution in [3.63, 3.8) is 0 Å². The van der Waals surface area contributed by atoms with E-state index in [1.54, 1.807) is 12.3 Å². The highest BCUT2D eigenvalue weighted by atomic mass is 16.7. The van der Waals surface area contributed by atoms with Crippen molar-refractivity contribution in [1.82, 2.24) is 0 Å². The molecule has 6 heteroatoms. The molecule has 1 atom stereocenters. The first-order chi connectivity index (χ1) is 11.2. The van der Waals surface area contributed by atoms with Gasteiger partial charge in [0, 0.05) is 12.2 Å². The second-order valence-corrected chi connectivity index (χ2v) is 5.54. The van der Waals surface area contributed by atoms with Crippen molar-refractivity contribution in [3.05, 3.63) is 30.0 Å². The lowest BCUT2D eigenvalue weighted by atomic mass is 10.1. The molecule has 2 heterocycles. The van der Waals surface area contributed by atoms with Gasteiger partial charge in [-0.25, -0.2) is 0 Å². The van der Waals surface area contributed by atoms with Gasteiger partial charge in [0.2, 0.25) is 5.91 Å². The fourth-order valence-electron chi connectivity index (χ4n) is 2.72. The summed E-state index contributed by atoms with van der Waals surface area (Å²) in [7, 11) is 0. The van der Waals surface area contributed by atoms with Crippen LogP contribution in [0.4, 0.5) is 0 Å². The zero-order chi connectivity index (χ0) is 16.1. The summed E-state index contributed by atoms with van der Waals surface area (Å²) in [6.45, 7) is 1.66. The van der Waals surface area contributed by atoms with Crippen LogP contribution in [0.1, 0.15) is 24.8 Å². The van der Waals surface area contributed by atoms with Crippen LogP contribution >= 0.6 is 0 Å². The molecule has 23 heavy (non-hydrogen) atoms. The second-order valence-electron chi connectivity index (χ2n) is 5.54. The van der Waals surface area contributed by atoms with E-state index in [-0.39, 0.29) is 12.7 Å². The van der Waals surface area contributed by atoms with E-state index >= 15 is 0 Å². The van der Waals surface area contributed by atoms with Gasteiger partial charge in [-0.1, -0.05) is 6.07 Å². The molecule has 0 radical (unpaired) electrons. The molecule has 1 aliphatic rings. The van der Waals surface area contributed by atoms with E-state index in [9.17, 15) is 4.79 Å². The number of benzene rings is 1. The maximum atomic E-state index is 11.1. The van der Waals surface area contributed by atoms with Crippen molar-refractivity contribution in [3.8, 4) is 5.75 Å². The molecule has 1 unspecified atom stereocenters. The van der Waals surface area contributed by atoms with Crippen molar-refractivity contribution >= 4 is 16.9 Å². The molecular formula is C17H21NO5. The summed E-state index contributed by atoms with van der Waals surface area (Å²) in [6.07, 6.45) is 4.79. The number of rotatable bonds is 7. The molecule has 124 valence electrons. The lowest BCUT2D eigenvalue weighted by Crippen LogP contribution is -2.24. The summed E-state index contributed by atoms with van der Waals surface area (Å²) in [5.41, 5.74) is 6.65. The van der Waals surface area contributed by atoms with E-state index < -0.39 is 5.91 Å². The third kappa shape index (κ3) is 4.03. The molecule has 1 amide bonds. The number of nitrogens with two attached hydrogens (primary N) is 1. The highest BCUT2D eigenvalue weighted by Gasteiger charge is 2.14. The van der Waals surface area contributed by atoms with Gasteiger partial charge in [-0.15, -0.1) is 0 Å². The van der Waals surface area contributed by atoms with Gasteiger partial charge in [-0.3, -0.25) is 4.79 Å². The molecule has 3 rings (SSSR count). The maximum absolute atomic E-state index is 11.1. The van der Waals surface area contributed by atoms with Crippen molar-refractivity contribution in [2.45, 2.75) is 32.0 Å². The van der Waals surface area contributed by atoms with Crippen molar-refractivity contribution < 1.29 is 23.4 Å². The lowest BCUT2D eigenvalue weighted by Gasteiger charge is -2.22. The first kappa shape index (κ1) is 15.8. The molecule has 1 fully saturated rings. The first-order valence-corrected chi connectivity index (χ1v) is 7.87. The number of hydrogen-bond acceptors (Lipinski definition) is 5. The number of furan rings is 1. The van der Waals surface area contributed by atoms with Crippen LogP contribution in [0.2, 0.25) is 0 Å². The SMILES string of the molecule is NC(=O)Cc1ccc(OCCOC2CCCCO2)c2ccoc12. The van der Waals surface area contributed by atoms with Crippen LogP contribution in [0.25, 0.3) is 11.0 Å². The highest BCUT2D eigenvalue weighted by molar-refractivity contribution is 5.90. The fourth-order valence-corrected chi connectivity index (χ4v) is 2.72. The normalized spacial score (nSPS) is 18.2. The molecule has 1 aliphatic heterocycles. The van der Waals surface area contributed by atoms with Gasteiger partial charge in [0.05, 0.1) is 24.7 Å². The largest absolute Gasteiger partial charge is 0.490 e. The number of carbonyl (C=O) groups excluding carboxylic acids is 1.